The molecule has 0 saturated heterocycles. The van der Waals surface area contributed by atoms with Crippen LogP contribution in [0.1, 0.15) is 24.3 Å². The van der Waals surface area contributed by atoms with Crippen LogP contribution >= 0.6 is 0 Å². The second-order valence-corrected chi connectivity index (χ2v) is 5.92. The summed E-state index contributed by atoms with van der Waals surface area (Å²) in [4.78, 5) is 27.3. The number of aromatic nitrogens is 1. The molecule has 1 heterocycles. The first-order valence-electron chi connectivity index (χ1n) is 9.05. The maximum absolute atomic E-state index is 12.2. The number of esters is 1. The third-order valence-corrected chi connectivity index (χ3v) is 3.91. The van der Waals surface area contributed by atoms with E-state index in [2.05, 4.69) is 10.3 Å². The van der Waals surface area contributed by atoms with Crippen LogP contribution in [-0.2, 0) is 9.53 Å². The monoisotopic (exact) mass is 382 g/mol. The third kappa shape index (κ3) is 4.62. The Hall–Kier alpha value is -3.48. The van der Waals surface area contributed by atoms with E-state index in [0.29, 0.717) is 36.1 Å². The van der Waals surface area contributed by atoms with Crippen molar-refractivity contribution in [3.8, 4) is 11.5 Å². The summed E-state index contributed by atoms with van der Waals surface area (Å²) in [6.07, 6.45) is 0. The summed E-state index contributed by atoms with van der Waals surface area (Å²) in [5.41, 5.74) is 1.66. The molecule has 0 fully saturated rings. The molecular weight excluding hydrogens is 360 g/mol. The Morgan fingerprint density at radius 1 is 0.964 bits per heavy atom. The number of rotatable bonds is 8. The first kappa shape index (κ1) is 19.3. The molecule has 3 rings (SSSR count). The Balaban J connectivity index is 1.59. The van der Waals surface area contributed by atoms with Gasteiger partial charge in [0, 0.05) is 22.7 Å². The molecule has 3 aromatic rings. The molecule has 28 heavy (non-hydrogen) atoms. The minimum Gasteiger partial charge on any atom is -0.490 e. The molecule has 1 amide bonds. The lowest BCUT2D eigenvalue weighted by Gasteiger charge is -2.13. The first-order chi connectivity index (χ1) is 13.6. The lowest BCUT2D eigenvalue weighted by atomic mass is 10.2. The Labute approximate surface area is 162 Å². The van der Waals surface area contributed by atoms with Gasteiger partial charge in [0.15, 0.2) is 18.1 Å². The molecule has 0 spiro atoms. The van der Waals surface area contributed by atoms with Crippen LogP contribution in [0.4, 0.5) is 5.69 Å². The molecule has 1 aromatic heterocycles. The average molecular weight is 382 g/mol. The van der Waals surface area contributed by atoms with Crippen molar-refractivity contribution in [3.05, 3.63) is 54.2 Å². The highest BCUT2D eigenvalue weighted by atomic mass is 16.5. The second kappa shape index (κ2) is 8.94. The SMILES string of the molecule is CCOc1ccc(NC(=O)COC(=O)c2cc3ccccc3[nH]2)cc1OCC. The van der Waals surface area contributed by atoms with Gasteiger partial charge in [-0.25, -0.2) is 4.79 Å². The summed E-state index contributed by atoms with van der Waals surface area (Å²) in [6, 6.07) is 14.3. The number of hydrogen-bond donors (Lipinski definition) is 2. The predicted octanol–water partition coefficient (Wildman–Crippen LogP) is 3.76. The zero-order valence-corrected chi connectivity index (χ0v) is 15.8. The van der Waals surface area contributed by atoms with Crippen molar-refractivity contribution in [2.45, 2.75) is 13.8 Å². The van der Waals surface area contributed by atoms with Crippen molar-refractivity contribution in [1.82, 2.24) is 4.98 Å². The smallest absolute Gasteiger partial charge is 0.355 e. The number of amides is 1. The van der Waals surface area contributed by atoms with Crippen molar-refractivity contribution in [3.63, 3.8) is 0 Å². The van der Waals surface area contributed by atoms with Gasteiger partial charge < -0.3 is 24.5 Å². The summed E-state index contributed by atoms with van der Waals surface area (Å²) < 4.78 is 16.1. The molecule has 2 N–H and O–H groups in total. The average Bonchev–Trinajstić information content (AvgIpc) is 3.13. The number of aromatic amines is 1. The van der Waals surface area contributed by atoms with E-state index in [-0.39, 0.29) is 0 Å². The topological polar surface area (TPSA) is 89.6 Å². The van der Waals surface area contributed by atoms with E-state index in [1.807, 2.05) is 38.1 Å². The molecule has 7 nitrogen and oxygen atoms in total. The standard InChI is InChI=1S/C21H22N2O5/c1-3-26-18-10-9-15(12-19(18)27-4-2)22-20(24)13-28-21(25)17-11-14-7-5-6-8-16(14)23-17/h5-12,23H,3-4,13H2,1-2H3,(H,22,24). The van der Waals surface area contributed by atoms with Gasteiger partial charge in [0.1, 0.15) is 5.69 Å². The molecule has 0 atom stereocenters. The number of carbonyl (C=O) groups is 2. The molecular formula is C21H22N2O5. The van der Waals surface area contributed by atoms with Gasteiger partial charge in [0.2, 0.25) is 0 Å². The van der Waals surface area contributed by atoms with Crippen LogP contribution in [-0.4, -0.2) is 36.7 Å². The number of benzene rings is 2. The van der Waals surface area contributed by atoms with Crippen molar-refractivity contribution in [2.75, 3.05) is 25.1 Å². The van der Waals surface area contributed by atoms with Gasteiger partial charge in [-0.2, -0.15) is 0 Å². The second-order valence-electron chi connectivity index (χ2n) is 5.92. The minimum absolute atomic E-state index is 0.300. The van der Waals surface area contributed by atoms with Crippen molar-refractivity contribution < 1.29 is 23.8 Å². The van der Waals surface area contributed by atoms with E-state index in [0.717, 1.165) is 10.9 Å². The van der Waals surface area contributed by atoms with Crippen molar-refractivity contribution in [1.29, 1.82) is 0 Å². The number of H-pyrrole nitrogens is 1. The van der Waals surface area contributed by atoms with E-state index in [1.165, 1.54) is 0 Å². The maximum Gasteiger partial charge on any atom is 0.355 e. The molecule has 7 heteroatoms. The summed E-state index contributed by atoms with van der Waals surface area (Å²) in [5, 5.41) is 3.58. The Kier molecular flexibility index (Phi) is 6.16. The van der Waals surface area contributed by atoms with Crippen molar-refractivity contribution in [2.24, 2.45) is 0 Å². The quantitative estimate of drug-likeness (QED) is 0.579. The van der Waals surface area contributed by atoms with E-state index >= 15 is 0 Å². The largest absolute Gasteiger partial charge is 0.490 e. The Bertz CT molecular complexity index is 947. The van der Waals surface area contributed by atoms with Gasteiger partial charge in [0.05, 0.1) is 13.2 Å². The molecule has 0 unspecified atom stereocenters. The zero-order chi connectivity index (χ0) is 19.9. The van der Waals surface area contributed by atoms with Crippen LogP contribution < -0.4 is 14.8 Å². The summed E-state index contributed by atoms with van der Waals surface area (Å²) in [6.45, 7) is 4.33. The van der Waals surface area contributed by atoms with Crippen molar-refractivity contribution >= 4 is 28.5 Å². The van der Waals surface area contributed by atoms with E-state index in [4.69, 9.17) is 14.2 Å². The molecule has 0 bridgehead atoms. The number of anilines is 1. The highest BCUT2D eigenvalue weighted by molar-refractivity contribution is 5.97. The molecule has 0 aliphatic carbocycles. The van der Waals surface area contributed by atoms with E-state index in [9.17, 15) is 9.59 Å². The van der Waals surface area contributed by atoms with Gasteiger partial charge >= 0.3 is 5.97 Å². The van der Waals surface area contributed by atoms with E-state index in [1.54, 1.807) is 24.3 Å². The normalized spacial score (nSPS) is 10.5. The van der Waals surface area contributed by atoms with Gasteiger partial charge in [-0.3, -0.25) is 4.79 Å². The number of carbonyl (C=O) groups excluding carboxylic acids is 2. The van der Waals surface area contributed by atoms with Gasteiger partial charge in [0.25, 0.3) is 5.91 Å². The summed E-state index contributed by atoms with van der Waals surface area (Å²) in [5.74, 6) is 0.105. The Morgan fingerprint density at radius 2 is 1.71 bits per heavy atom. The Morgan fingerprint density at radius 3 is 2.46 bits per heavy atom. The molecule has 0 aliphatic rings. The fraction of sp³-hybridized carbons (Fsp3) is 0.238. The predicted molar refractivity (Wildman–Crippen MR) is 106 cm³/mol. The number of ether oxygens (including phenoxy) is 3. The van der Waals surface area contributed by atoms with Crippen LogP contribution in [0, 0.1) is 0 Å². The van der Waals surface area contributed by atoms with Gasteiger partial charge in [-0.15, -0.1) is 0 Å². The molecule has 0 saturated carbocycles. The summed E-state index contributed by atoms with van der Waals surface area (Å²) in [7, 11) is 0. The highest BCUT2D eigenvalue weighted by Gasteiger charge is 2.14. The fourth-order valence-corrected chi connectivity index (χ4v) is 2.72. The maximum atomic E-state index is 12.2. The molecule has 146 valence electrons. The van der Waals surface area contributed by atoms with Gasteiger partial charge in [-0.1, -0.05) is 18.2 Å². The highest BCUT2D eigenvalue weighted by Crippen LogP contribution is 2.30. The van der Waals surface area contributed by atoms with Crippen LogP contribution in [0.25, 0.3) is 10.9 Å². The third-order valence-electron chi connectivity index (χ3n) is 3.91. The molecule has 0 radical (unpaired) electrons. The minimum atomic E-state index is -0.590. The lowest BCUT2D eigenvalue weighted by molar-refractivity contribution is -0.119. The van der Waals surface area contributed by atoms with Crippen LogP contribution in [0.5, 0.6) is 11.5 Å². The lowest BCUT2D eigenvalue weighted by Crippen LogP contribution is -2.21. The van der Waals surface area contributed by atoms with Crippen LogP contribution in [0.3, 0.4) is 0 Å². The number of fused-ring (bicyclic) bond motifs is 1. The van der Waals surface area contributed by atoms with E-state index < -0.39 is 18.5 Å². The zero-order valence-electron chi connectivity index (χ0n) is 15.8. The molecule has 0 aliphatic heterocycles. The number of nitrogens with one attached hydrogen (secondary N) is 2. The molecule has 2 aromatic carbocycles. The van der Waals surface area contributed by atoms with Crippen LogP contribution in [0.2, 0.25) is 0 Å². The summed E-state index contributed by atoms with van der Waals surface area (Å²) >= 11 is 0. The first-order valence-corrected chi connectivity index (χ1v) is 9.05. The number of hydrogen-bond acceptors (Lipinski definition) is 5. The van der Waals surface area contributed by atoms with Gasteiger partial charge in [-0.05, 0) is 38.1 Å². The fourth-order valence-electron chi connectivity index (χ4n) is 2.72. The number of para-hydroxylation sites is 1. The van der Waals surface area contributed by atoms with Crippen LogP contribution in [0.15, 0.2) is 48.5 Å².